The van der Waals surface area contributed by atoms with E-state index in [-0.39, 0.29) is 11.9 Å². The molecule has 1 aliphatic heterocycles. The van der Waals surface area contributed by atoms with Crippen LogP contribution in [0.25, 0.3) is 0 Å². The fourth-order valence-corrected chi connectivity index (χ4v) is 2.51. The second kappa shape index (κ2) is 6.35. The van der Waals surface area contributed by atoms with Crippen LogP contribution >= 0.6 is 0 Å². The Morgan fingerprint density at radius 2 is 2.24 bits per heavy atom. The van der Waals surface area contributed by atoms with Crippen molar-refractivity contribution >= 4 is 5.91 Å². The number of fused-ring (bicyclic) bond motifs is 1. The van der Waals surface area contributed by atoms with Gasteiger partial charge in [-0.2, -0.15) is 0 Å². The molecule has 2 rings (SSSR count). The maximum atomic E-state index is 11.9. The molecule has 1 unspecified atom stereocenters. The topological polar surface area (TPSA) is 59.6 Å². The molecular formula is C16H24N2O3. The molecule has 0 bridgehead atoms. The molecule has 2 N–H and O–H groups in total. The molecular weight excluding hydrogens is 268 g/mol. The Labute approximate surface area is 126 Å². The van der Waals surface area contributed by atoms with Gasteiger partial charge in [0.2, 0.25) is 5.91 Å². The zero-order chi connectivity index (χ0) is 15.5. The van der Waals surface area contributed by atoms with E-state index in [1.807, 2.05) is 32.0 Å². The third-order valence-electron chi connectivity index (χ3n) is 3.89. The fourth-order valence-electron chi connectivity index (χ4n) is 2.51. The van der Waals surface area contributed by atoms with E-state index >= 15 is 0 Å². The zero-order valence-corrected chi connectivity index (χ0v) is 13.2. The summed E-state index contributed by atoms with van der Waals surface area (Å²) in [6, 6.07) is 6.01. The minimum atomic E-state index is -0.452. The van der Waals surface area contributed by atoms with Crippen molar-refractivity contribution < 1.29 is 14.3 Å². The summed E-state index contributed by atoms with van der Waals surface area (Å²) in [5.74, 6) is 1.74. The van der Waals surface area contributed by atoms with E-state index in [1.165, 1.54) is 0 Å². The van der Waals surface area contributed by atoms with Gasteiger partial charge in [0.25, 0.3) is 0 Å². The number of carbonyl (C=O) groups excluding carboxylic acids is 1. The quantitative estimate of drug-likeness (QED) is 0.870. The maximum absolute atomic E-state index is 11.9. The number of rotatable bonds is 5. The second-order valence-electron chi connectivity index (χ2n) is 5.94. The Bertz CT molecular complexity index is 514. The van der Waals surface area contributed by atoms with Crippen molar-refractivity contribution in [1.29, 1.82) is 0 Å². The summed E-state index contributed by atoms with van der Waals surface area (Å²) in [5, 5.41) is 6.19. The van der Waals surface area contributed by atoms with Crippen molar-refractivity contribution in [3.05, 3.63) is 23.8 Å². The summed E-state index contributed by atoms with van der Waals surface area (Å²) in [5.41, 5.74) is 0.639. The lowest BCUT2D eigenvalue weighted by atomic mass is 9.91. The van der Waals surface area contributed by atoms with Crippen molar-refractivity contribution in [3.63, 3.8) is 0 Å². The predicted octanol–water partition coefficient (Wildman–Crippen LogP) is 1.88. The van der Waals surface area contributed by atoms with Crippen molar-refractivity contribution in [1.82, 2.24) is 10.6 Å². The molecule has 116 valence electrons. The number of nitrogens with one attached hydrogen (secondary N) is 2. The molecule has 1 aliphatic rings. The monoisotopic (exact) mass is 292 g/mol. The van der Waals surface area contributed by atoms with Gasteiger partial charge in [0, 0.05) is 31.6 Å². The Kier molecular flexibility index (Phi) is 4.73. The highest BCUT2D eigenvalue weighted by Crippen LogP contribution is 2.35. The van der Waals surface area contributed by atoms with Gasteiger partial charge in [-0.15, -0.1) is 0 Å². The van der Waals surface area contributed by atoms with E-state index in [9.17, 15) is 4.79 Å². The van der Waals surface area contributed by atoms with Gasteiger partial charge in [0.05, 0.1) is 19.1 Å². The van der Waals surface area contributed by atoms with E-state index < -0.39 is 5.41 Å². The van der Waals surface area contributed by atoms with Crippen molar-refractivity contribution in [2.45, 2.75) is 26.3 Å². The summed E-state index contributed by atoms with van der Waals surface area (Å²) >= 11 is 0. The van der Waals surface area contributed by atoms with Crippen LogP contribution in [0.1, 0.15) is 31.9 Å². The van der Waals surface area contributed by atoms with Gasteiger partial charge >= 0.3 is 0 Å². The molecule has 5 heteroatoms. The lowest BCUT2D eigenvalue weighted by Gasteiger charge is -2.31. The van der Waals surface area contributed by atoms with Gasteiger partial charge in [-0.3, -0.25) is 4.79 Å². The van der Waals surface area contributed by atoms with Gasteiger partial charge in [-0.05, 0) is 32.0 Å². The lowest BCUT2D eigenvalue weighted by molar-refractivity contribution is -0.128. The van der Waals surface area contributed by atoms with Gasteiger partial charge in [-0.25, -0.2) is 0 Å². The summed E-state index contributed by atoms with van der Waals surface area (Å²) in [6.07, 6.45) is 0.879. The van der Waals surface area contributed by atoms with Crippen LogP contribution in [0, 0.1) is 5.41 Å². The minimum Gasteiger partial charge on any atom is -0.497 e. The molecule has 5 nitrogen and oxygen atoms in total. The highest BCUT2D eigenvalue weighted by atomic mass is 16.5. The van der Waals surface area contributed by atoms with Crippen LogP contribution in [-0.4, -0.2) is 33.2 Å². The van der Waals surface area contributed by atoms with Crippen LogP contribution in [0.5, 0.6) is 11.5 Å². The van der Waals surface area contributed by atoms with E-state index in [4.69, 9.17) is 9.47 Å². The van der Waals surface area contributed by atoms with Crippen LogP contribution in [-0.2, 0) is 4.79 Å². The van der Waals surface area contributed by atoms with Crippen LogP contribution in [0.4, 0.5) is 0 Å². The maximum Gasteiger partial charge on any atom is 0.226 e. The molecule has 0 radical (unpaired) electrons. The van der Waals surface area contributed by atoms with Gasteiger partial charge in [-0.1, -0.05) is 0 Å². The molecule has 0 fully saturated rings. The first kappa shape index (κ1) is 15.6. The smallest absolute Gasteiger partial charge is 0.226 e. The lowest BCUT2D eigenvalue weighted by Crippen LogP contribution is -2.43. The second-order valence-corrected chi connectivity index (χ2v) is 5.94. The van der Waals surface area contributed by atoms with E-state index in [2.05, 4.69) is 10.6 Å². The number of ether oxygens (including phenoxy) is 2. The van der Waals surface area contributed by atoms with Crippen LogP contribution in [0.3, 0.4) is 0 Å². The first-order valence-corrected chi connectivity index (χ1v) is 7.24. The highest BCUT2D eigenvalue weighted by Gasteiger charge is 2.29. The SMILES string of the molecule is CNC(=O)C(C)(C)CNC1CCOc2ccc(OC)cc21. The normalized spacial score (nSPS) is 17.6. The summed E-state index contributed by atoms with van der Waals surface area (Å²) < 4.78 is 11.0. The summed E-state index contributed by atoms with van der Waals surface area (Å²) in [7, 11) is 3.32. The van der Waals surface area contributed by atoms with Crippen LogP contribution in [0.15, 0.2) is 18.2 Å². The van der Waals surface area contributed by atoms with Crippen LogP contribution < -0.4 is 20.1 Å². The van der Waals surface area contributed by atoms with Gasteiger partial charge in [0.15, 0.2) is 0 Å². The van der Waals surface area contributed by atoms with E-state index in [1.54, 1.807) is 14.2 Å². The third kappa shape index (κ3) is 3.47. The molecule has 1 amide bonds. The zero-order valence-electron chi connectivity index (χ0n) is 13.2. The molecule has 1 aromatic carbocycles. The number of methoxy groups -OCH3 is 1. The Balaban J connectivity index is 2.11. The molecule has 0 aliphatic carbocycles. The molecule has 1 aromatic rings. The first-order chi connectivity index (χ1) is 9.97. The Morgan fingerprint density at radius 3 is 2.90 bits per heavy atom. The molecule has 0 spiro atoms. The van der Waals surface area contributed by atoms with Crippen molar-refractivity contribution in [3.8, 4) is 11.5 Å². The Hall–Kier alpha value is -1.75. The van der Waals surface area contributed by atoms with Gasteiger partial charge < -0.3 is 20.1 Å². The Morgan fingerprint density at radius 1 is 1.48 bits per heavy atom. The number of carbonyl (C=O) groups is 1. The van der Waals surface area contributed by atoms with Crippen molar-refractivity contribution in [2.24, 2.45) is 5.41 Å². The molecule has 0 saturated carbocycles. The van der Waals surface area contributed by atoms with Crippen LogP contribution in [0.2, 0.25) is 0 Å². The average Bonchev–Trinajstić information content (AvgIpc) is 2.51. The van der Waals surface area contributed by atoms with Crippen molar-refractivity contribution in [2.75, 3.05) is 27.3 Å². The largest absolute Gasteiger partial charge is 0.497 e. The van der Waals surface area contributed by atoms with E-state index in [0.717, 1.165) is 23.5 Å². The molecule has 0 saturated heterocycles. The standard InChI is InChI=1S/C16H24N2O3/c1-16(2,15(19)17-3)10-18-13-7-8-21-14-6-5-11(20-4)9-12(13)14/h5-6,9,13,18H,7-8,10H2,1-4H3,(H,17,19). The molecule has 1 atom stereocenters. The third-order valence-corrected chi connectivity index (χ3v) is 3.89. The van der Waals surface area contributed by atoms with Gasteiger partial charge in [0.1, 0.15) is 11.5 Å². The highest BCUT2D eigenvalue weighted by molar-refractivity contribution is 5.81. The number of hydrogen-bond donors (Lipinski definition) is 2. The minimum absolute atomic E-state index is 0.0351. The average molecular weight is 292 g/mol. The number of benzene rings is 1. The predicted molar refractivity (Wildman–Crippen MR) is 81.7 cm³/mol. The summed E-state index contributed by atoms with van der Waals surface area (Å²) in [6.45, 7) is 5.15. The van der Waals surface area contributed by atoms with E-state index in [0.29, 0.717) is 13.2 Å². The molecule has 1 heterocycles. The molecule has 21 heavy (non-hydrogen) atoms. The fraction of sp³-hybridized carbons (Fsp3) is 0.562. The number of amides is 1. The summed E-state index contributed by atoms with van der Waals surface area (Å²) in [4.78, 5) is 11.9. The molecule has 0 aromatic heterocycles. The first-order valence-electron chi connectivity index (χ1n) is 7.24. The number of hydrogen-bond acceptors (Lipinski definition) is 4.